The van der Waals surface area contributed by atoms with Crippen molar-refractivity contribution >= 4 is 6.29 Å². The van der Waals surface area contributed by atoms with Gasteiger partial charge in [-0.2, -0.15) is 4.98 Å². The largest absolute Gasteiger partial charge is 0.485 e. The minimum Gasteiger partial charge on any atom is -0.485 e. The summed E-state index contributed by atoms with van der Waals surface area (Å²) < 4.78 is 10.7. The van der Waals surface area contributed by atoms with Gasteiger partial charge in [0, 0.05) is 11.1 Å². The van der Waals surface area contributed by atoms with Crippen LogP contribution in [0.2, 0.25) is 0 Å². The summed E-state index contributed by atoms with van der Waals surface area (Å²) in [5, 5.41) is 3.87. The first kappa shape index (κ1) is 13.1. The summed E-state index contributed by atoms with van der Waals surface area (Å²) >= 11 is 0. The number of carbonyl (C=O) groups excluding carboxylic acids is 1. The van der Waals surface area contributed by atoms with Crippen molar-refractivity contribution < 1.29 is 14.1 Å². The zero-order valence-electron chi connectivity index (χ0n) is 11.1. The zero-order valence-corrected chi connectivity index (χ0v) is 11.1. The fraction of sp³-hybridized carbons (Fsp3) is 0.0625. The fourth-order valence-corrected chi connectivity index (χ4v) is 1.84. The molecule has 0 aliphatic carbocycles. The monoisotopic (exact) mass is 280 g/mol. The molecule has 1 aromatic heterocycles. The van der Waals surface area contributed by atoms with E-state index in [0.29, 0.717) is 23.0 Å². The molecular weight excluding hydrogens is 268 g/mol. The van der Waals surface area contributed by atoms with Crippen molar-refractivity contribution in [2.45, 2.75) is 6.61 Å². The third-order valence-electron chi connectivity index (χ3n) is 2.85. The van der Waals surface area contributed by atoms with E-state index < -0.39 is 0 Å². The molecular formula is C16H12N2O3. The Morgan fingerprint density at radius 3 is 2.76 bits per heavy atom. The second-order valence-corrected chi connectivity index (χ2v) is 4.36. The topological polar surface area (TPSA) is 65.2 Å². The molecule has 0 saturated carbocycles. The smallest absolute Gasteiger partial charge is 0.258 e. The molecule has 0 aliphatic heterocycles. The molecule has 1 heterocycles. The lowest BCUT2D eigenvalue weighted by Crippen LogP contribution is -1.98. The fourth-order valence-electron chi connectivity index (χ4n) is 1.84. The van der Waals surface area contributed by atoms with Crippen LogP contribution in [-0.2, 0) is 6.61 Å². The Labute approximate surface area is 121 Å². The SMILES string of the molecule is O=Cc1cccc(OCc2noc(-c3ccccc3)n2)c1. The molecule has 3 aromatic rings. The van der Waals surface area contributed by atoms with Gasteiger partial charge in [0.25, 0.3) is 5.89 Å². The van der Waals surface area contributed by atoms with Crippen LogP contribution in [0, 0.1) is 0 Å². The average molecular weight is 280 g/mol. The maximum Gasteiger partial charge on any atom is 0.258 e. The lowest BCUT2D eigenvalue weighted by Gasteiger charge is -2.02. The summed E-state index contributed by atoms with van der Waals surface area (Å²) in [6.45, 7) is 0.179. The number of benzene rings is 2. The Morgan fingerprint density at radius 1 is 1.10 bits per heavy atom. The standard InChI is InChI=1S/C16H12N2O3/c19-10-12-5-4-8-14(9-12)20-11-15-17-16(21-18-15)13-6-2-1-3-7-13/h1-10H,11H2. The highest BCUT2D eigenvalue weighted by Gasteiger charge is 2.08. The van der Waals surface area contributed by atoms with Crippen LogP contribution in [0.1, 0.15) is 16.2 Å². The van der Waals surface area contributed by atoms with Crippen molar-refractivity contribution in [2.75, 3.05) is 0 Å². The van der Waals surface area contributed by atoms with Gasteiger partial charge in [-0.1, -0.05) is 35.5 Å². The van der Waals surface area contributed by atoms with Gasteiger partial charge in [-0.25, -0.2) is 0 Å². The highest BCUT2D eigenvalue weighted by atomic mass is 16.5. The van der Waals surface area contributed by atoms with E-state index in [9.17, 15) is 4.79 Å². The van der Waals surface area contributed by atoms with Crippen molar-refractivity contribution in [3.05, 3.63) is 66.0 Å². The number of ether oxygens (including phenoxy) is 1. The first-order valence-electron chi connectivity index (χ1n) is 6.41. The van der Waals surface area contributed by atoms with E-state index in [1.165, 1.54) is 0 Å². The first-order chi connectivity index (χ1) is 10.3. The van der Waals surface area contributed by atoms with Crippen LogP contribution in [0.15, 0.2) is 59.1 Å². The molecule has 3 rings (SSSR count). The summed E-state index contributed by atoms with van der Waals surface area (Å²) in [7, 11) is 0. The number of hydrogen-bond donors (Lipinski definition) is 0. The number of aldehydes is 1. The van der Waals surface area contributed by atoms with Crippen LogP contribution in [0.4, 0.5) is 0 Å². The van der Waals surface area contributed by atoms with Gasteiger partial charge in [0.1, 0.15) is 12.0 Å². The van der Waals surface area contributed by atoms with Gasteiger partial charge in [-0.05, 0) is 24.3 Å². The van der Waals surface area contributed by atoms with Crippen molar-refractivity contribution in [1.82, 2.24) is 10.1 Å². The maximum absolute atomic E-state index is 10.7. The number of carbonyl (C=O) groups is 1. The number of rotatable bonds is 5. The van der Waals surface area contributed by atoms with Crippen LogP contribution >= 0.6 is 0 Å². The lowest BCUT2D eigenvalue weighted by atomic mass is 10.2. The summed E-state index contributed by atoms with van der Waals surface area (Å²) in [6, 6.07) is 16.4. The quantitative estimate of drug-likeness (QED) is 0.672. The van der Waals surface area contributed by atoms with E-state index in [4.69, 9.17) is 9.26 Å². The van der Waals surface area contributed by atoms with Gasteiger partial charge in [-0.15, -0.1) is 0 Å². The van der Waals surface area contributed by atoms with Crippen LogP contribution in [0.5, 0.6) is 5.75 Å². The summed E-state index contributed by atoms with van der Waals surface area (Å²) in [5.41, 5.74) is 1.42. The molecule has 2 aromatic carbocycles. The third-order valence-corrected chi connectivity index (χ3v) is 2.85. The van der Waals surface area contributed by atoms with E-state index in [1.807, 2.05) is 30.3 Å². The van der Waals surface area contributed by atoms with E-state index in [2.05, 4.69) is 10.1 Å². The molecule has 0 amide bonds. The third kappa shape index (κ3) is 3.14. The predicted octanol–water partition coefficient (Wildman–Crippen LogP) is 3.13. The molecule has 104 valence electrons. The summed E-state index contributed by atoms with van der Waals surface area (Å²) in [5.74, 6) is 1.49. The number of hydrogen-bond acceptors (Lipinski definition) is 5. The predicted molar refractivity (Wildman–Crippen MR) is 75.9 cm³/mol. The Hall–Kier alpha value is -2.95. The molecule has 0 aliphatic rings. The van der Waals surface area contributed by atoms with Crippen molar-refractivity contribution in [3.63, 3.8) is 0 Å². The van der Waals surface area contributed by atoms with E-state index in [0.717, 1.165) is 11.8 Å². The van der Waals surface area contributed by atoms with Crippen LogP contribution in [0.25, 0.3) is 11.5 Å². The van der Waals surface area contributed by atoms with Crippen LogP contribution in [-0.4, -0.2) is 16.4 Å². The Morgan fingerprint density at radius 2 is 1.95 bits per heavy atom. The van der Waals surface area contributed by atoms with Gasteiger partial charge < -0.3 is 9.26 Å². The lowest BCUT2D eigenvalue weighted by molar-refractivity contribution is 0.112. The molecule has 0 unspecified atom stereocenters. The molecule has 0 saturated heterocycles. The van der Waals surface area contributed by atoms with Crippen molar-refractivity contribution in [3.8, 4) is 17.2 Å². The number of aromatic nitrogens is 2. The van der Waals surface area contributed by atoms with Gasteiger partial charge >= 0.3 is 0 Å². The Kier molecular flexibility index (Phi) is 3.73. The minimum absolute atomic E-state index is 0.179. The first-order valence-corrected chi connectivity index (χ1v) is 6.41. The molecule has 0 spiro atoms. The second-order valence-electron chi connectivity index (χ2n) is 4.36. The van der Waals surface area contributed by atoms with Crippen LogP contribution in [0.3, 0.4) is 0 Å². The van der Waals surface area contributed by atoms with Gasteiger partial charge in [0.05, 0.1) is 0 Å². The highest BCUT2D eigenvalue weighted by molar-refractivity contribution is 5.75. The summed E-state index contributed by atoms with van der Waals surface area (Å²) in [6.07, 6.45) is 0.773. The van der Waals surface area contributed by atoms with E-state index >= 15 is 0 Å². The van der Waals surface area contributed by atoms with Gasteiger partial charge in [-0.3, -0.25) is 4.79 Å². The van der Waals surface area contributed by atoms with Crippen molar-refractivity contribution in [1.29, 1.82) is 0 Å². The molecule has 5 heteroatoms. The molecule has 0 N–H and O–H groups in total. The van der Waals surface area contributed by atoms with Crippen molar-refractivity contribution in [2.24, 2.45) is 0 Å². The zero-order chi connectivity index (χ0) is 14.5. The Balaban J connectivity index is 1.69. The number of nitrogens with zero attached hydrogens (tertiary/aromatic N) is 2. The highest BCUT2D eigenvalue weighted by Crippen LogP contribution is 2.17. The normalized spacial score (nSPS) is 10.3. The molecule has 0 radical (unpaired) electrons. The second kappa shape index (κ2) is 6.00. The van der Waals surface area contributed by atoms with E-state index in [-0.39, 0.29) is 6.61 Å². The van der Waals surface area contributed by atoms with Gasteiger partial charge in [0.2, 0.25) is 5.82 Å². The Bertz CT molecular complexity index is 738. The van der Waals surface area contributed by atoms with Gasteiger partial charge in [0.15, 0.2) is 6.61 Å². The molecule has 21 heavy (non-hydrogen) atoms. The molecule has 5 nitrogen and oxygen atoms in total. The molecule has 0 atom stereocenters. The van der Waals surface area contributed by atoms with E-state index in [1.54, 1.807) is 24.3 Å². The molecule has 0 fully saturated rings. The minimum atomic E-state index is 0.179. The average Bonchev–Trinajstić information content (AvgIpc) is 3.03. The molecule has 0 bridgehead atoms. The van der Waals surface area contributed by atoms with Crippen LogP contribution < -0.4 is 4.74 Å². The maximum atomic E-state index is 10.7. The summed E-state index contributed by atoms with van der Waals surface area (Å²) in [4.78, 5) is 15.0.